The van der Waals surface area contributed by atoms with Crippen LogP contribution in [0.2, 0.25) is 0 Å². The number of nitro groups is 1. The first kappa shape index (κ1) is 10.6. The van der Waals surface area contributed by atoms with Gasteiger partial charge < -0.3 is 0 Å². The predicted molar refractivity (Wildman–Crippen MR) is 45.1 cm³/mol. The maximum atomic E-state index is 11.7. The molecule has 12 heavy (non-hydrogen) atoms. The van der Waals surface area contributed by atoms with Gasteiger partial charge in [0.1, 0.15) is 14.5 Å². The summed E-state index contributed by atoms with van der Waals surface area (Å²) in [5, 5.41) is 9.97. The van der Waals surface area contributed by atoms with Crippen LogP contribution >= 0.6 is 0 Å². The van der Waals surface area contributed by atoms with Crippen molar-refractivity contribution in [2.45, 2.75) is 0 Å². The molecule has 0 rings (SSSR count). The molecule has 0 saturated heterocycles. The summed E-state index contributed by atoms with van der Waals surface area (Å²) >= 11 is 0. The maximum Gasteiger partial charge on any atom is 0.262 e. The minimum atomic E-state index is -0.769. The third kappa shape index (κ3) is 4.43. The summed E-state index contributed by atoms with van der Waals surface area (Å²) in [7, 11) is 5.07. The molecule has 62 valence electrons. The van der Waals surface area contributed by atoms with Crippen molar-refractivity contribution in [1.82, 2.24) is 0 Å². The molecule has 0 N–H and O–H groups in total. The lowest BCUT2D eigenvalue weighted by atomic mass is 9.97. The molecule has 0 aliphatic rings. The Morgan fingerprint density at radius 1 is 1.75 bits per heavy atom. The average molecular weight is 167 g/mol. The first-order valence-electron chi connectivity index (χ1n) is 3.10. The van der Waals surface area contributed by atoms with Crippen molar-refractivity contribution >= 4 is 7.85 Å². The van der Waals surface area contributed by atoms with Crippen molar-refractivity contribution in [3.8, 4) is 0 Å². The van der Waals surface area contributed by atoms with E-state index in [1.54, 1.807) is 0 Å². The second-order valence-corrected chi connectivity index (χ2v) is 1.98. The highest BCUT2D eigenvalue weighted by Crippen LogP contribution is 1.95. The molecule has 0 unspecified atom stereocenters. The van der Waals surface area contributed by atoms with Gasteiger partial charge in [-0.05, 0) is 6.58 Å². The average Bonchev–Trinajstić information content (AvgIpc) is 2.03. The van der Waals surface area contributed by atoms with E-state index in [-0.39, 0.29) is 11.2 Å². The standard InChI is InChI=1S/C7H7BFNO2/c1-6(10(11)12)3-2-4-7(8)5-9/h2-4H,1,5H2/b3-2-,7-4+. The van der Waals surface area contributed by atoms with Gasteiger partial charge in [0.25, 0.3) is 5.70 Å². The predicted octanol–water partition coefficient (Wildman–Crippen LogP) is 1.35. The van der Waals surface area contributed by atoms with Crippen molar-refractivity contribution < 1.29 is 9.31 Å². The van der Waals surface area contributed by atoms with Crippen LogP contribution in [0.4, 0.5) is 4.39 Å². The third-order valence-corrected chi connectivity index (χ3v) is 0.988. The number of halogens is 1. The molecule has 0 aliphatic carbocycles. The smallest absolute Gasteiger partial charge is 0.258 e. The van der Waals surface area contributed by atoms with Crippen LogP contribution in [0, 0.1) is 10.1 Å². The molecule has 0 spiro atoms. The van der Waals surface area contributed by atoms with Gasteiger partial charge in [0, 0.05) is 6.08 Å². The van der Waals surface area contributed by atoms with E-state index in [1.807, 2.05) is 0 Å². The van der Waals surface area contributed by atoms with Crippen molar-refractivity contribution in [3.63, 3.8) is 0 Å². The molecule has 0 atom stereocenters. The second kappa shape index (κ2) is 5.29. The van der Waals surface area contributed by atoms with Crippen molar-refractivity contribution in [2.75, 3.05) is 6.67 Å². The largest absolute Gasteiger partial charge is 0.262 e. The number of nitrogens with zero attached hydrogens (tertiary/aromatic N) is 1. The highest BCUT2D eigenvalue weighted by atomic mass is 19.1. The van der Waals surface area contributed by atoms with Gasteiger partial charge in [-0.3, -0.25) is 10.1 Å². The molecule has 0 aliphatic heterocycles. The van der Waals surface area contributed by atoms with Gasteiger partial charge in [-0.1, -0.05) is 17.6 Å². The lowest BCUT2D eigenvalue weighted by Gasteiger charge is -1.87. The Morgan fingerprint density at radius 3 is 2.75 bits per heavy atom. The fourth-order valence-electron chi connectivity index (χ4n) is 0.388. The number of hydrogen-bond donors (Lipinski definition) is 0. The van der Waals surface area contributed by atoms with E-state index >= 15 is 0 Å². The Bertz CT molecular complexity index is 248. The molecule has 3 nitrogen and oxygen atoms in total. The van der Waals surface area contributed by atoms with E-state index in [4.69, 9.17) is 7.85 Å². The molecule has 0 aromatic carbocycles. The van der Waals surface area contributed by atoms with Crippen LogP contribution in [-0.2, 0) is 0 Å². The fourth-order valence-corrected chi connectivity index (χ4v) is 0.388. The quantitative estimate of drug-likeness (QED) is 0.274. The van der Waals surface area contributed by atoms with E-state index in [2.05, 4.69) is 6.58 Å². The zero-order chi connectivity index (χ0) is 9.56. The van der Waals surface area contributed by atoms with Gasteiger partial charge in [0.05, 0.1) is 4.92 Å². The van der Waals surface area contributed by atoms with Gasteiger partial charge in [0.15, 0.2) is 0 Å². The Kier molecular flexibility index (Phi) is 4.68. The van der Waals surface area contributed by atoms with Crippen molar-refractivity contribution in [1.29, 1.82) is 0 Å². The molecule has 0 aromatic rings. The third-order valence-electron chi connectivity index (χ3n) is 0.988. The van der Waals surface area contributed by atoms with Crippen LogP contribution in [-0.4, -0.2) is 19.4 Å². The molecule has 5 heteroatoms. The number of rotatable bonds is 4. The lowest BCUT2D eigenvalue weighted by molar-refractivity contribution is -0.418. The van der Waals surface area contributed by atoms with Gasteiger partial charge in [-0.25, -0.2) is 4.39 Å². The van der Waals surface area contributed by atoms with Gasteiger partial charge in [0.2, 0.25) is 0 Å². The number of hydrogen-bond acceptors (Lipinski definition) is 2. The minimum Gasteiger partial charge on any atom is -0.258 e. The van der Waals surface area contributed by atoms with Gasteiger partial charge in [-0.2, -0.15) is 0 Å². The minimum absolute atomic E-state index is 0.0161. The van der Waals surface area contributed by atoms with Crippen LogP contribution in [0.15, 0.2) is 36.0 Å². The first-order valence-corrected chi connectivity index (χ1v) is 3.10. The van der Waals surface area contributed by atoms with E-state index in [9.17, 15) is 14.5 Å². The van der Waals surface area contributed by atoms with Crippen LogP contribution in [0.5, 0.6) is 0 Å². The zero-order valence-corrected chi connectivity index (χ0v) is 6.37. The van der Waals surface area contributed by atoms with Crippen molar-refractivity contribution in [3.05, 3.63) is 46.1 Å². The monoisotopic (exact) mass is 167 g/mol. The van der Waals surface area contributed by atoms with E-state index in [1.165, 1.54) is 12.2 Å². The molecule has 0 fully saturated rings. The fraction of sp³-hybridized carbons (Fsp3) is 0.143. The number of alkyl halides is 1. The van der Waals surface area contributed by atoms with E-state index in [0.29, 0.717) is 0 Å². The Morgan fingerprint density at radius 2 is 2.33 bits per heavy atom. The Labute approximate surface area is 70.8 Å². The molecule has 0 aromatic heterocycles. The van der Waals surface area contributed by atoms with Crippen molar-refractivity contribution in [2.24, 2.45) is 0 Å². The van der Waals surface area contributed by atoms with Gasteiger partial charge >= 0.3 is 0 Å². The van der Waals surface area contributed by atoms with Crippen LogP contribution in [0.25, 0.3) is 0 Å². The van der Waals surface area contributed by atoms with Crippen LogP contribution in [0.1, 0.15) is 0 Å². The highest BCUT2D eigenvalue weighted by molar-refractivity contribution is 6.21. The molecule has 0 heterocycles. The summed E-state index contributed by atoms with van der Waals surface area (Å²) in [5.74, 6) is 0. The SMILES string of the molecule is [B]/C(=C/C=C\C(=C)[N+](=O)[O-])CF. The van der Waals surface area contributed by atoms with Crippen LogP contribution in [0.3, 0.4) is 0 Å². The highest BCUT2D eigenvalue weighted by Gasteiger charge is 1.97. The summed E-state index contributed by atoms with van der Waals surface area (Å²) < 4.78 is 11.7. The molecular formula is C7H7BFNO2. The summed E-state index contributed by atoms with van der Waals surface area (Å²) in [6.07, 6.45) is 3.66. The maximum absolute atomic E-state index is 11.7. The Balaban J connectivity index is 4.09. The van der Waals surface area contributed by atoms with E-state index < -0.39 is 11.6 Å². The first-order chi connectivity index (χ1) is 5.57. The molecule has 0 bridgehead atoms. The topological polar surface area (TPSA) is 43.1 Å². The lowest BCUT2D eigenvalue weighted by Crippen LogP contribution is -1.92. The van der Waals surface area contributed by atoms with Gasteiger partial charge in [-0.15, -0.1) is 0 Å². The Hall–Kier alpha value is -1.39. The zero-order valence-electron chi connectivity index (χ0n) is 6.37. The molecule has 2 radical (unpaired) electrons. The summed E-state index contributed by atoms with van der Waals surface area (Å²) in [6.45, 7) is 2.36. The molecular weight excluding hydrogens is 160 g/mol. The second-order valence-electron chi connectivity index (χ2n) is 1.98. The van der Waals surface area contributed by atoms with E-state index in [0.717, 1.165) is 6.08 Å². The summed E-state index contributed by atoms with van der Waals surface area (Å²) in [6, 6.07) is 0. The number of allylic oxidation sites excluding steroid dienone is 4. The van der Waals surface area contributed by atoms with Crippen LogP contribution < -0.4 is 0 Å². The molecule has 0 saturated carbocycles. The summed E-state index contributed by atoms with van der Waals surface area (Å²) in [4.78, 5) is 9.33. The molecule has 0 amide bonds. The summed E-state index contributed by atoms with van der Waals surface area (Å²) in [5.41, 5.74) is -0.250. The normalized spacial score (nSPS) is 11.9.